The molecule has 0 saturated heterocycles. The lowest BCUT2D eigenvalue weighted by Gasteiger charge is -2.14. The summed E-state index contributed by atoms with van der Waals surface area (Å²) in [5.41, 5.74) is 2.77. The molecular weight excluding hydrogens is 306 g/mol. The highest BCUT2D eigenvalue weighted by Crippen LogP contribution is 2.43. The molecule has 0 unspecified atom stereocenters. The van der Waals surface area contributed by atoms with E-state index in [1.807, 2.05) is 59.3 Å². The lowest BCUT2D eigenvalue weighted by atomic mass is 10.1. The Morgan fingerprint density at radius 3 is 2.57 bits per heavy atom. The van der Waals surface area contributed by atoms with Crippen LogP contribution in [0.3, 0.4) is 0 Å². The number of thioether (sulfide) groups is 1. The largest absolute Gasteiger partial charge is 0.497 e. The number of ketones is 1. The molecule has 4 heteroatoms. The summed E-state index contributed by atoms with van der Waals surface area (Å²) in [4.78, 5) is 14.2. The van der Waals surface area contributed by atoms with Gasteiger partial charge in [-0.2, -0.15) is 0 Å². The zero-order chi connectivity index (χ0) is 15.8. The molecule has 0 aliphatic carbocycles. The van der Waals surface area contributed by atoms with Gasteiger partial charge in [0.15, 0.2) is 5.78 Å². The van der Waals surface area contributed by atoms with E-state index in [-0.39, 0.29) is 11.0 Å². The van der Waals surface area contributed by atoms with Crippen molar-refractivity contribution in [1.82, 2.24) is 4.57 Å². The first-order valence-electron chi connectivity index (χ1n) is 7.39. The maximum atomic E-state index is 13.0. The van der Waals surface area contributed by atoms with E-state index < -0.39 is 0 Å². The predicted molar refractivity (Wildman–Crippen MR) is 91.7 cm³/mol. The van der Waals surface area contributed by atoms with Crippen LogP contribution in [0.1, 0.15) is 21.3 Å². The molecule has 0 saturated carbocycles. The average Bonchev–Trinajstić information content (AvgIpc) is 3.05. The molecule has 0 amide bonds. The van der Waals surface area contributed by atoms with E-state index in [2.05, 4.69) is 12.1 Å². The van der Waals surface area contributed by atoms with Crippen molar-refractivity contribution in [2.75, 3.05) is 7.11 Å². The summed E-state index contributed by atoms with van der Waals surface area (Å²) in [5.74, 6) is 0.921. The number of rotatable bonds is 2. The quantitative estimate of drug-likeness (QED) is 0.695. The zero-order valence-electron chi connectivity index (χ0n) is 12.6. The minimum atomic E-state index is -0.252. The van der Waals surface area contributed by atoms with E-state index in [9.17, 15) is 4.79 Å². The summed E-state index contributed by atoms with van der Waals surface area (Å²) < 4.78 is 7.19. The van der Waals surface area contributed by atoms with Crippen molar-refractivity contribution in [3.05, 3.63) is 78.1 Å². The maximum absolute atomic E-state index is 13.0. The fourth-order valence-corrected chi connectivity index (χ4v) is 4.08. The van der Waals surface area contributed by atoms with Crippen LogP contribution in [0.2, 0.25) is 0 Å². The Balaban J connectivity index is 1.85. The van der Waals surface area contributed by atoms with Gasteiger partial charge in [0.25, 0.3) is 0 Å². The van der Waals surface area contributed by atoms with Crippen LogP contribution < -0.4 is 4.74 Å². The van der Waals surface area contributed by atoms with E-state index in [0.717, 1.165) is 27.6 Å². The number of benzene rings is 2. The smallest absolute Gasteiger partial charge is 0.197 e. The van der Waals surface area contributed by atoms with Crippen molar-refractivity contribution in [2.24, 2.45) is 0 Å². The SMILES string of the molecule is COc1ccc([C@@H]2Sc3ccccc3-n3cccc3C2=O)cc1. The Kier molecular flexibility index (Phi) is 3.46. The van der Waals surface area contributed by atoms with Gasteiger partial charge in [-0.3, -0.25) is 4.79 Å². The fraction of sp³-hybridized carbons (Fsp3) is 0.105. The number of methoxy groups -OCH3 is 1. The van der Waals surface area contributed by atoms with Gasteiger partial charge < -0.3 is 9.30 Å². The number of fused-ring (bicyclic) bond motifs is 3. The molecule has 1 atom stereocenters. The standard InChI is InChI=1S/C19H15NO2S/c1-22-14-10-8-13(9-11-14)19-18(21)16-6-4-12-20(16)15-5-2-3-7-17(15)23-19/h2-12,19H,1H3/t19-/m0/s1. The minimum Gasteiger partial charge on any atom is -0.497 e. The van der Waals surface area contributed by atoms with Gasteiger partial charge in [0, 0.05) is 11.1 Å². The summed E-state index contributed by atoms with van der Waals surface area (Å²) in [5, 5.41) is -0.252. The fourth-order valence-electron chi connectivity index (χ4n) is 2.86. The summed E-state index contributed by atoms with van der Waals surface area (Å²) in [6.07, 6.45) is 1.95. The second-order valence-corrected chi connectivity index (χ2v) is 6.51. The molecule has 2 heterocycles. The Bertz CT molecular complexity index is 867. The molecule has 4 rings (SSSR count). The second-order valence-electron chi connectivity index (χ2n) is 5.37. The molecule has 0 radical (unpaired) electrons. The molecule has 1 aromatic heterocycles. The summed E-state index contributed by atoms with van der Waals surface area (Å²) in [6.45, 7) is 0. The molecule has 0 spiro atoms. The zero-order valence-corrected chi connectivity index (χ0v) is 13.4. The van der Waals surface area contributed by atoms with Crippen LogP contribution in [0.15, 0.2) is 71.8 Å². The van der Waals surface area contributed by atoms with E-state index in [4.69, 9.17) is 4.74 Å². The Morgan fingerprint density at radius 1 is 1.00 bits per heavy atom. The number of carbonyl (C=O) groups excluding carboxylic acids is 1. The van der Waals surface area contributed by atoms with E-state index in [1.165, 1.54) is 0 Å². The normalized spacial score (nSPS) is 16.4. The van der Waals surface area contributed by atoms with Gasteiger partial charge in [0.05, 0.1) is 23.7 Å². The molecule has 3 aromatic rings. The third-order valence-corrected chi connectivity index (χ3v) is 5.35. The summed E-state index contributed by atoms with van der Waals surface area (Å²) in [7, 11) is 1.64. The van der Waals surface area contributed by atoms with Crippen LogP contribution in [0.25, 0.3) is 5.69 Å². The highest BCUT2D eigenvalue weighted by molar-refractivity contribution is 8.00. The number of carbonyl (C=O) groups is 1. The van der Waals surface area contributed by atoms with Crippen LogP contribution in [0.4, 0.5) is 0 Å². The van der Waals surface area contributed by atoms with Gasteiger partial charge in [-0.25, -0.2) is 0 Å². The highest BCUT2D eigenvalue weighted by atomic mass is 32.2. The van der Waals surface area contributed by atoms with Crippen molar-refractivity contribution in [3.8, 4) is 11.4 Å². The number of ether oxygens (including phenoxy) is 1. The lowest BCUT2D eigenvalue weighted by Crippen LogP contribution is -2.11. The molecule has 2 aromatic carbocycles. The van der Waals surface area contributed by atoms with Crippen molar-refractivity contribution >= 4 is 17.5 Å². The third-order valence-electron chi connectivity index (χ3n) is 4.03. The van der Waals surface area contributed by atoms with Gasteiger partial charge in [0.2, 0.25) is 0 Å². The highest BCUT2D eigenvalue weighted by Gasteiger charge is 2.30. The molecule has 23 heavy (non-hydrogen) atoms. The predicted octanol–water partition coefficient (Wildman–Crippen LogP) is 4.52. The minimum absolute atomic E-state index is 0.126. The van der Waals surface area contributed by atoms with Gasteiger partial charge in [-0.15, -0.1) is 11.8 Å². The first kappa shape index (κ1) is 14.2. The van der Waals surface area contributed by atoms with Crippen molar-refractivity contribution < 1.29 is 9.53 Å². The second kappa shape index (κ2) is 5.63. The van der Waals surface area contributed by atoms with E-state index in [0.29, 0.717) is 0 Å². The third kappa shape index (κ3) is 2.35. The number of hydrogen-bond donors (Lipinski definition) is 0. The molecule has 0 N–H and O–H groups in total. The molecule has 0 fully saturated rings. The Morgan fingerprint density at radius 2 is 1.78 bits per heavy atom. The number of hydrogen-bond acceptors (Lipinski definition) is 3. The van der Waals surface area contributed by atoms with Crippen LogP contribution in [-0.2, 0) is 0 Å². The molecular formula is C19H15NO2S. The van der Waals surface area contributed by atoms with Crippen LogP contribution >= 0.6 is 11.8 Å². The van der Waals surface area contributed by atoms with E-state index >= 15 is 0 Å². The van der Waals surface area contributed by atoms with Gasteiger partial charge in [0.1, 0.15) is 5.75 Å². The number of aromatic nitrogens is 1. The van der Waals surface area contributed by atoms with Gasteiger partial charge in [-0.1, -0.05) is 24.3 Å². The molecule has 1 aliphatic rings. The van der Waals surface area contributed by atoms with Crippen molar-refractivity contribution in [2.45, 2.75) is 10.1 Å². The first-order chi connectivity index (χ1) is 11.3. The van der Waals surface area contributed by atoms with Crippen LogP contribution in [-0.4, -0.2) is 17.5 Å². The van der Waals surface area contributed by atoms with E-state index in [1.54, 1.807) is 18.9 Å². The maximum Gasteiger partial charge on any atom is 0.197 e. The van der Waals surface area contributed by atoms with Crippen molar-refractivity contribution in [1.29, 1.82) is 0 Å². The summed E-state index contributed by atoms with van der Waals surface area (Å²) >= 11 is 1.60. The molecule has 3 nitrogen and oxygen atoms in total. The van der Waals surface area contributed by atoms with Gasteiger partial charge in [-0.05, 0) is 42.0 Å². The number of para-hydroxylation sites is 1. The topological polar surface area (TPSA) is 31.2 Å². The molecule has 114 valence electrons. The molecule has 1 aliphatic heterocycles. The van der Waals surface area contributed by atoms with Crippen molar-refractivity contribution in [3.63, 3.8) is 0 Å². The Hall–Kier alpha value is -2.46. The van der Waals surface area contributed by atoms with Gasteiger partial charge >= 0.3 is 0 Å². The number of Topliss-reactive ketones (excluding diaryl/α,β-unsaturated/α-hetero) is 1. The Labute approximate surface area is 138 Å². The summed E-state index contributed by atoms with van der Waals surface area (Å²) in [6, 6.07) is 19.7. The average molecular weight is 321 g/mol. The van der Waals surface area contributed by atoms with Crippen LogP contribution in [0, 0.1) is 0 Å². The lowest BCUT2D eigenvalue weighted by molar-refractivity contribution is 0.0983. The van der Waals surface area contributed by atoms with Crippen LogP contribution in [0.5, 0.6) is 5.75 Å². The monoisotopic (exact) mass is 321 g/mol. The number of nitrogens with zero attached hydrogens (tertiary/aromatic N) is 1. The molecule has 0 bridgehead atoms. The first-order valence-corrected chi connectivity index (χ1v) is 8.27.